The van der Waals surface area contributed by atoms with Crippen molar-refractivity contribution >= 4 is 18.0 Å². The van der Waals surface area contributed by atoms with Crippen LogP contribution in [0.2, 0.25) is 0 Å². The first-order valence-corrected chi connectivity index (χ1v) is 14.1. The average molecular weight is 537 g/mol. The number of carbonyl (C=O) groups is 3. The van der Waals surface area contributed by atoms with Gasteiger partial charge in [-0.05, 0) is 31.6 Å². The normalized spacial score (nSPS) is 11.4. The summed E-state index contributed by atoms with van der Waals surface area (Å²) in [5.74, 6) is -1.10. The topological polar surface area (TPSA) is 122 Å². The van der Waals surface area contributed by atoms with Crippen molar-refractivity contribution in [3.05, 3.63) is 0 Å². The molecule has 0 aliphatic carbocycles. The third-order valence-corrected chi connectivity index (χ3v) is 6.04. The van der Waals surface area contributed by atoms with Crippen molar-refractivity contribution in [1.82, 2.24) is 21.3 Å². The van der Waals surface area contributed by atoms with Gasteiger partial charge < -0.3 is 31.2 Å². The second kappa shape index (κ2) is 27.7. The number of nitrogens with one attached hydrogen (secondary N) is 4. The van der Waals surface area contributed by atoms with E-state index in [4.69, 9.17) is 0 Å². The van der Waals surface area contributed by atoms with Crippen LogP contribution in [0.1, 0.15) is 124 Å². The number of carboxylic acids is 1. The Kier molecular flexibility index (Phi) is 29.1. The second-order valence-electron chi connectivity index (χ2n) is 10.0. The molecule has 0 saturated heterocycles. The molecule has 9 heteroatoms. The zero-order chi connectivity index (χ0) is 26.2. The molecule has 0 aromatic carbocycles. The maximum atomic E-state index is 11.8. The Labute approximate surface area is 263 Å². The number of aliphatic carboxylic acids is 1. The Morgan fingerprint density at radius 3 is 1.33 bits per heavy atom. The van der Waals surface area contributed by atoms with Crippen LogP contribution in [-0.4, -0.2) is 43.7 Å². The van der Waals surface area contributed by atoms with E-state index in [0.717, 1.165) is 45.1 Å². The number of hydrogen-bond donors (Lipinski definition) is 4. The van der Waals surface area contributed by atoms with Gasteiger partial charge in [0.05, 0.1) is 12.0 Å². The number of hydrogen-bond acceptors (Lipinski definition) is 4. The van der Waals surface area contributed by atoms with Gasteiger partial charge in [0, 0.05) is 19.6 Å². The molecule has 0 rings (SSSR count). The molecule has 0 saturated carbocycles. The molecule has 0 spiro atoms. The molecule has 0 aromatic heterocycles. The Hall–Kier alpha value is -0.354. The van der Waals surface area contributed by atoms with Gasteiger partial charge in [-0.25, -0.2) is 9.59 Å². The van der Waals surface area contributed by atoms with Crippen LogP contribution in [0.3, 0.4) is 0 Å². The number of unbranched alkanes of at least 4 members (excludes halogenated alkanes) is 13. The van der Waals surface area contributed by atoms with Crippen molar-refractivity contribution in [3.63, 3.8) is 0 Å². The van der Waals surface area contributed by atoms with Crippen molar-refractivity contribution in [1.29, 1.82) is 0 Å². The van der Waals surface area contributed by atoms with E-state index in [1.165, 1.54) is 57.8 Å². The maximum Gasteiger partial charge on any atom is 1.00 e. The van der Waals surface area contributed by atoms with E-state index in [2.05, 4.69) is 28.2 Å². The van der Waals surface area contributed by atoms with Crippen molar-refractivity contribution in [2.45, 2.75) is 130 Å². The molecule has 4 amide bonds. The van der Waals surface area contributed by atoms with E-state index in [0.29, 0.717) is 19.5 Å². The summed E-state index contributed by atoms with van der Waals surface area (Å²) in [5.41, 5.74) is 0. The summed E-state index contributed by atoms with van der Waals surface area (Å²) in [4.78, 5) is 34.7. The first kappa shape index (κ1) is 37.8. The van der Waals surface area contributed by atoms with E-state index in [-0.39, 0.29) is 63.3 Å². The summed E-state index contributed by atoms with van der Waals surface area (Å²) < 4.78 is 0. The van der Waals surface area contributed by atoms with Gasteiger partial charge in [0.25, 0.3) is 0 Å². The quantitative estimate of drug-likeness (QED) is 0.117. The minimum absolute atomic E-state index is 0. The number of carboxylic acid groups (broad SMARTS) is 1. The van der Waals surface area contributed by atoms with Crippen LogP contribution < -0.4 is 77.8 Å². The molecular weight excluding hydrogens is 483 g/mol. The molecule has 1 atom stereocenters. The van der Waals surface area contributed by atoms with Gasteiger partial charge in [0.1, 0.15) is 0 Å². The number of urea groups is 2. The van der Waals surface area contributed by atoms with Gasteiger partial charge in [-0.2, -0.15) is 0 Å². The average Bonchev–Trinajstić information content (AvgIpc) is 2.80. The number of carbonyl (C=O) groups excluding carboxylic acids is 3. The van der Waals surface area contributed by atoms with E-state index in [9.17, 15) is 19.5 Å². The van der Waals surface area contributed by atoms with E-state index >= 15 is 0 Å². The SMILES string of the molecule is CCCCCCCCCCCCNC(=O)NCCCCCCCNC(=O)N[C@@H](CC(C)C)C(=O)[O-].[K+]. The Bertz CT molecular complexity index is 550. The van der Waals surface area contributed by atoms with Gasteiger partial charge in [0.2, 0.25) is 0 Å². The fraction of sp³-hybridized carbons (Fsp3) is 0.889. The molecule has 206 valence electrons. The van der Waals surface area contributed by atoms with Gasteiger partial charge in [-0.1, -0.05) is 97.8 Å². The Morgan fingerprint density at radius 1 is 0.611 bits per heavy atom. The van der Waals surface area contributed by atoms with Gasteiger partial charge >= 0.3 is 63.4 Å². The number of rotatable bonds is 23. The third kappa shape index (κ3) is 26.7. The summed E-state index contributed by atoms with van der Waals surface area (Å²) in [7, 11) is 0. The van der Waals surface area contributed by atoms with Gasteiger partial charge in [-0.15, -0.1) is 0 Å². The van der Waals surface area contributed by atoms with Crippen molar-refractivity contribution in [3.8, 4) is 0 Å². The van der Waals surface area contributed by atoms with Gasteiger partial charge in [-0.3, -0.25) is 0 Å². The van der Waals surface area contributed by atoms with E-state index in [1.54, 1.807) is 0 Å². The van der Waals surface area contributed by atoms with Crippen molar-refractivity contribution in [2.24, 2.45) is 5.92 Å². The Morgan fingerprint density at radius 2 is 0.972 bits per heavy atom. The molecule has 0 fully saturated rings. The van der Waals surface area contributed by atoms with Crippen LogP contribution in [-0.2, 0) is 4.79 Å². The van der Waals surface area contributed by atoms with Crippen LogP contribution in [0.5, 0.6) is 0 Å². The first-order chi connectivity index (χ1) is 16.9. The van der Waals surface area contributed by atoms with Gasteiger partial charge in [0.15, 0.2) is 0 Å². The monoisotopic (exact) mass is 536 g/mol. The summed E-state index contributed by atoms with van der Waals surface area (Å²) in [6, 6.07) is -1.51. The molecule has 4 N–H and O–H groups in total. The predicted octanol–water partition coefficient (Wildman–Crippen LogP) is 1.62. The fourth-order valence-corrected chi connectivity index (χ4v) is 3.96. The number of amides is 4. The summed E-state index contributed by atoms with van der Waals surface area (Å²) in [5, 5.41) is 22.1. The fourth-order valence-electron chi connectivity index (χ4n) is 3.96. The molecule has 0 heterocycles. The predicted molar refractivity (Wildman–Crippen MR) is 141 cm³/mol. The molecule has 0 aliphatic heterocycles. The van der Waals surface area contributed by atoms with Crippen molar-refractivity contribution < 1.29 is 70.9 Å². The minimum Gasteiger partial charge on any atom is -0.548 e. The summed E-state index contributed by atoms with van der Waals surface area (Å²) in [6.07, 6.45) is 18.0. The summed E-state index contributed by atoms with van der Waals surface area (Å²) >= 11 is 0. The second-order valence-corrected chi connectivity index (χ2v) is 10.0. The molecule has 0 aromatic rings. The zero-order valence-electron chi connectivity index (χ0n) is 23.7. The summed E-state index contributed by atoms with van der Waals surface area (Å²) in [6.45, 7) is 7.97. The third-order valence-electron chi connectivity index (χ3n) is 6.04. The van der Waals surface area contributed by atoms with Crippen LogP contribution >= 0.6 is 0 Å². The minimum atomic E-state index is -1.25. The van der Waals surface area contributed by atoms with Crippen LogP contribution in [0.25, 0.3) is 0 Å². The van der Waals surface area contributed by atoms with Crippen LogP contribution in [0.4, 0.5) is 9.59 Å². The smallest absolute Gasteiger partial charge is 0.548 e. The standard InChI is InChI=1S/C27H54N4O4.K/c1-4-5-6-7-8-9-10-11-13-16-19-28-26(34)29-20-17-14-12-15-18-21-30-27(35)31-24(25(32)33)22-23(2)3;/h23-24H,4-22H2,1-3H3,(H,32,33)(H2,28,29,34)(H2,30,31,35);/q;+1/p-1/t24-;/m0./s1. The molecule has 36 heavy (non-hydrogen) atoms. The Balaban J connectivity index is 0. The van der Waals surface area contributed by atoms with Crippen molar-refractivity contribution in [2.75, 3.05) is 19.6 Å². The maximum absolute atomic E-state index is 11.8. The molecule has 0 aliphatic rings. The van der Waals surface area contributed by atoms with E-state index in [1.807, 2.05) is 13.8 Å². The van der Waals surface area contributed by atoms with Crippen LogP contribution in [0.15, 0.2) is 0 Å². The molecular formula is C27H53KN4O4. The van der Waals surface area contributed by atoms with E-state index < -0.39 is 18.0 Å². The molecule has 0 bridgehead atoms. The van der Waals surface area contributed by atoms with Crippen LogP contribution in [0, 0.1) is 5.92 Å². The molecule has 0 unspecified atom stereocenters. The molecule has 8 nitrogen and oxygen atoms in total. The zero-order valence-corrected chi connectivity index (χ0v) is 26.8. The molecule has 0 radical (unpaired) electrons. The first-order valence-electron chi connectivity index (χ1n) is 14.1. The largest absolute Gasteiger partial charge is 1.00 e.